The van der Waals surface area contributed by atoms with Gasteiger partial charge in [0.2, 0.25) is 0 Å². The number of hydrogen-bond acceptors (Lipinski definition) is 3. The highest BCUT2D eigenvalue weighted by Crippen LogP contribution is 2.23. The Morgan fingerprint density at radius 1 is 1.16 bits per heavy atom. The molecule has 1 atom stereocenters. The van der Waals surface area contributed by atoms with Crippen LogP contribution in [0.25, 0.3) is 0 Å². The van der Waals surface area contributed by atoms with Crippen LogP contribution < -0.4 is 11.3 Å². The molecule has 1 heterocycles. The molecule has 19 heavy (non-hydrogen) atoms. The number of halogens is 1. The number of benzene rings is 1. The van der Waals surface area contributed by atoms with Gasteiger partial charge in [0.05, 0.1) is 4.34 Å². The average Bonchev–Trinajstić information content (AvgIpc) is 2.84. The van der Waals surface area contributed by atoms with Crippen LogP contribution in [0.2, 0.25) is 4.34 Å². The third kappa shape index (κ3) is 4.96. The SMILES string of the molecule is NNC(CCCc1ccccc1)Cc1ccc(Cl)s1. The van der Waals surface area contributed by atoms with Crippen molar-refractivity contribution in [1.82, 2.24) is 5.43 Å². The molecule has 0 amide bonds. The number of nitrogens with one attached hydrogen (secondary N) is 1. The number of thiophene rings is 1. The first-order valence-electron chi connectivity index (χ1n) is 6.52. The first-order valence-corrected chi connectivity index (χ1v) is 7.71. The van der Waals surface area contributed by atoms with Crippen LogP contribution in [0.3, 0.4) is 0 Å². The van der Waals surface area contributed by atoms with E-state index in [1.54, 1.807) is 11.3 Å². The monoisotopic (exact) mass is 294 g/mol. The predicted octanol–water partition coefficient (Wildman–Crippen LogP) is 3.80. The fourth-order valence-electron chi connectivity index (χ4n) is 2.15. The van der Waals surface area contributed by atoms with Crippen LogP contribution in [0.15, 0.2) is 42.5 Å². The second kappa shape index (κ2) is 7.65. The lowest BCUT2D eigenvalue weighted by atomic mass is 10.0. The van der Waals surface area contributed by atoms with Crippen molar-refractivity contribution >= 4 is 22.9 Å². The zero-order chi connectivity index (χ0) is 13.5. The molecule has 0 spiro atoms. The fraction of sp³-hybridized carbons (Fsp3) is 0.333. The molecular weight excluding hydrogens is 276 g/mol. The van der Waals surface area contributed by atoms with E-state index >= 15 is 0 Å². The van der Waals surface area contributed by atoms with Crippen LogP contribution in [-0.4, -0.2) is 6.04 Å². The third-order valence-electron chi connectivity index (χ3n) is 3.17. The van der Waals surface area contributed by atoms with Gasteiger partial charge in [-0.25, -0.2) is 0 Å². The number of hydrazine groups is 1. The van der Waals surface area contributed by atoms with Gasteiger partial charge in [-0.05, 0) is 43.4 Å². The van der Waals surface area contributed by atoms with E-state index in [4.69, 9.17) is 17.4 Å². The second-order valence-corrected chi connectivity index (χ2v) is 6.45. The van der Waals surface area contributed by atoms with Crippen molar-refractivity contribution in [3.63, 3.8) is 0 Å². The summed E-state index contributed by atoms with van der Waals surface area (Å²) < 4.78 is 0.843. The van der Waals surface area contributed by atoms with Crippen molar-refractivity contribution < 1.29 is 0 Å². The zero-order valence-corrected chi connectivity index (χ0v) is 12.4. The Morgan fingerprint density at radius 3 is 2.58 bits per heavy atom. The topological polar surface area (TPSA) is 38.0 Å². The lowest BCUT2D eigenvalue weighted by Crippen LogP contribution is -2.36. The smallest absolute Gasteiger partial charge is 0.0931 e. The summed E-state index contributed by atoms with van der Waals surface area (Å²) in [5, 5.41) is 0. The predicted molar refractivity (Wildman–Crippen MR) is 83.5 cm³/mol. The molecule has 3 N–H and O–H groups in total. The lowest BCUT2D eigenvalue weighted by Gasteiger charge is -2.14. The van der Waals surface area contributed by atoms with E-state index in [0.29, 0.717) is 6.04 Å². The van der Waals surface area contributed by atoms with Crippen LogP contribution in [0, 0.1) is 0 Å². The highest BCUT2D eigenvalue weighted by molar-refractivity contribution is 7.16. The maximum atomic E-state index is 5.94. The maximum Gasteiger partial charge on any atom is 0.0931 e. The molecule has 1 unspecified atom stereocenters. The van der Waals surface area contributed by atoms with Crippen LogP contribution in [0.5, 0.6) is 0 Å². The lowest BCUT2D eigenvalue weighted by molar-refractivity contribution is 0.479. The Kier molecular flexibility index (Phi) is 5.86. The largest absolute Gasteiger partial charge is 0.271 e. The quantitative estimate of drug-likeness (QED) is 0.602. The van der Waals surface area contributed by atoms with Gasteiger partial charge in [-0.1, -0.05) is 41.9 Å². The van der Waals surface area contributed by atoms with Crippen molar-refractivity contribution in [3.05, 3.63) is 57.2 Å². The first-order chi connectivity index (χ1) is 9.28. The third-order valence-corrected chi connectivity index (χ3v) is 4.43. The molecule has 0 fully saturated rings. The van der Waals surface area contributed by atoms with Gasteiger partial charge in [-0.3, -0.25) is 11.3 Å². The molecule has 1 aromatic heterocycles. The van der Waals surface area contributed by atoms with E-state index in [1.165, 1.54) is 10.4 Å². The van der Waals surface area contributed by atoms with E-state index < -0.39 is 0 Å². The number of aryl methyl sites for hydroxylation is 1. The van der Waals surface area contributed by atoms with Crippen molar-refractivity contribution in [1.29, 1.82) is 0 Å². The van der Waals surface area contributed by atoms with E-state index in [9.17, 15) is 0 Å². The molecule has 102 valence electrons. The number of nitrogens with two attached hydrogens (primary N) is 1. The Morgan fingerprint density at radius 2 is 1.95 bits per heavy atom. The summed E-state index contributed by atoms with van der Waals surface area (Å²) in [6.07, 6.45) is 4.26. The van der Waals surface area contributed by atoms with E-state index in [2.05, 4.69) is 35.8 Å². The van der Waals surface area contributed by atoms with Gasteiger partial charge >= 0.3 is 0 Å². The van der Waals surface area contributed by atoms with Crippen molar-refractivity contribution in [3.8, 4) is 0 Å². The van der Waals surface area contributed by atoms with Gasteiger partial charge < -0.3 is 0 Å². The van der Waals surface area contributed by atoms with Crippen LogP contribution in [0.1, 0.15) is 23.3 Å². The summed E-state index contributed by atoms with van der Waals surface area (Å²) in [5.41, 5.74) is 4.30. The van der Waals surface area contributed by atoms with Crippen LogP contribution in [-0.2, 0) is 12.8 Å². The molecular formula is C15H19ClN2S. The fourth-order valence-corrected chi connectivity index (χ4v) is 3.31. The highest BCUT2D eigenvalue weighted by Gasteiger charge is 2.09. The molecule has 2 rings (SSSR count). The zero-order valence-electron chi connectivity index (χ0n) is 10.8. The molecule has 2 nitrogen and oxygen atoms in total. The maximum absolute atomic E-state index is 5.94. The molecule has 0 radical (unpaired) electrons. The van der Waals surface area contributed by atoms with Gasteiger partial charge in [-0.2, -0.15) is 0 Å². The molecule has 1 aromatic carbocycles. The number of rotatable bonds is 7. The highest BCUT2D eigenvalue weighted by atomic mass is 35.5. The molecule has 0 aliphatic carbocycles. The first kappa shape index (κ1) is 14.5. The summed E-state index contributed by atoms with van der Waals surface area (Å²) in [6.45, 7) is 0. The summed E-state index contributed by atoms with van der Waals surface area (Å²) in [7, 11) is 0. The van der Waals surface area contributed by atoms with Gasteiger partial charge in [0.25, 0.3) is 0 Å². The molecule has 4 heteroatoms. The molecule has 0 aliphatic heterocycles. The van der Waals surface area contributed by atoms with Gasteiger partial charge in [0, 0.05) is 10.9 Å². The van der Waals surface area contributed by atoms with Crippen LogP contribution in [0.4, 0.5) is 0 Å². The standard InChI is InChI=1S/C15H19ClN2S/c16-15-10-9-14(19-15)11-13(18-17)8-4-7-12-5-2-1-3-6-12/h1-3,5-6,9-10,13,18H,4,7-8,11,17H2. The normalized spacial score (nSPS) is 12.5. The van der Waals surface area contributed by atoms with E-state index in [0.717, 1.165) is 30.0 Å². The van der Waals surface area contributed by atoms with Crippen molar-refractivity contribution in [2.24, 2.45) is 5.84 Å². The summed E-state index contributed by atoms with van der Waals surface area (Å²) >= 11 is 7.57. The summed E-state index contributed by atoms with van der Waals surface area (Å²) in [5.74, 6) is 5.63. The van der Waals surface area contributed by atoms with E-state index in [1.807, 2.05) is 12.1 Å². The Bertz CT molecular complexity index is 484. The molecule has 0 saturated carbocycles. The minimum atomic E-state index is 0.318. The van der Waals surface area contributed by atoms with Crippen molar-refractivity contribution in [2.75, 3.05) is 0 Å². The number of hydrogen-bond donors (Lipinski definition) is 2. The summed E-state index contributed by atoms with van der Waals surface area (Å²) in [6, 6.07) is 14.9. The Balaban J connectivity index is 1.76. The van der Waals surface area contributed by atoms with Gasteiger partial charge in [-0.15, -0.1) is 11.3 Å². The van der Waals surface area contributed by atoms with Crippen molar-refractivity contribution in [2.45, 2.75) is 31.7 Å². The Labute approximate surface area is 123 Å². The van der Waals surface area contributed by atoms with Gasteiger partial charge in [0.1, 0.15) is 0 Å². The molecule has 0 aliphatic rings. The minimum Gasteiger partial charge on any atom is -0.271 e. The molecule has 2 aromatic rings. The van der Waals surface area contributed by atoms with E-state index in [-0.39, 0.29) is 0 Å². The average molecular weight is 295 g/mol. The minimum absolute atomic E-state index is 0.318. The van der Waals surface area contributed by atoms with Gasteiger partial charge in [0.15, 0.2) is 0 Å². The van der Waals surface area contributed by atoms with Crippen LogP contribution >= 0.6 is 22.9 Å². The molecule has 0 saturated heterocycles. The second-order valence-electron chi connectivity index (χ2n) is 4.65. The summed E-state index contributed by atoms with van der Waals surface area (Å²) in [4.78, 5) is 1.28. The Hall–Kier alpha value is -0.870. The molecule has 0 bridgehead atoms.